The largest absolute Gasteiger partial charge is 0.508 e. The summed E-state index contributed by atoms with van der Waals surface area (Å²) in [6, 6.07) is 18.7. The molecule has 3 rings (SSSR count). The molecule has 3 aromatic rings. The van der Waals surface area contributed by atoms with Gasteiger partial charge in [-0.1, -0.05) is 51.3 Å². The van der Waals surface area contributed by atoms with Crippen molar-refractivity contribution in [3.05, 3.63) is 109 Å². The van der Waals surface area contributed by atoms with E-state index in [1.807, 2.05) is 13.8 Å². The van der Waals surface area contributed by atoms with Gasteiger partial charge in [-0.05, 0) is 87.1 Å². The number of para-hydroxylation sites is 2. The maximum Gasteiger partial charge on any atom is 0.339 e. The third-order valence-electron chi connectivity index (χ3n) is 6.75. The van der Waals surface area contributed by atoms with E-state index >= 15 is 0 Å². The van der Waals surface area contributed by atoms with Crippen molar-refractivity contribution in [1.82, 2.24) is 0 Å². The standard InChI is InChI=1S/2C16H20O5.C6H6O2/c2*1-3-12(21-15(17)4-2)8-7-11-20-14-10-6-5-9-13(14)16(18)19;7-5-1-2-6(8)4-3-5/h2*4-6,9-10,12H,2-3,7-8,11H2,1H3,(H,18,19);1-4,7-8H. The number of hydrogen-bond donors (Lipinski definition) is 4. The minimum absolute atomic E-state index is 0.141. The Balaban J connectivity index is 0.000000410. The van der Waals surface area contributed by atoms with E-state index in [4.69, 9.17) is 39.4 Å². The fraction of sp³-hybridized carbons (Fsp3) is 0.316. The molecule has 0 fully saturated rings. The van der Waals surface area contributed by atoms with Crippen LogP contribution in [0.15, 0.2) is 98.1 Å². The summed E-state index contributed by atoms with van der Waals surface area (Å²) in [5.74, 6) is -1.86. The van der Waals surface area contributed by atoms with Gasteiger partial charge in [-0.15, -0.1) is 0 Å². The van der Waals surface area contributed by atoms with Crippen molar-refractivity contribution in [3.8, 4) is 23.0 Å². The molecule has 2 unspecified atom stereocenters. The van der Waals surface area contributed by atoms with E-state index in [9.17, 15) is 19.2 Å². The number of phenolic OH excluding ortho intramolecular Hbond substituents is 2. The molecule has 0 aliphatic heterocycles. The summed E-state index contributed by atoms with van der Waals surface area (Å²) in [5, 5.41) is 35.3. The van der Waals surface area contributed by atoms with Crippen molar-refractivity contribution in [1.29, 1.82) is 0 Å². The summed E-state index contributed by atoms with van der Waals surface area (Å²) in [4.78, 5) is 44.3. The van der Waals surface area contributed by atoms with Crippen LogP contribution in [0.5, 0.6) is 23.0 Å². The third-order valence-corrected chi connectivity index (χ3v) is 6.75. The van der Waals surface area contributed by atoms with E-state index in [0.29, 0.717) is 63.2 Å². The van der Waals surface area contributed by atoms with Crippen LogP contribution in [0.1, 0.15) is 73.1 Å². The zero-order valence-corrected chi connectivity index (χ0v) is 28.4. The van der Waals surface area contributed by atoms with Gasteiger partial charge in [-0.3, -0.25) is 0 Å². The quantitative estimate of drug-likeness (QED) is 0.0455. The number of carbonyl (C=O) groups excluding carboxylic acids is 2. The lowest BCUT2D eigenvalue weighted by atomic mass is 10.1. The molecule has 0 amide bonds. The Labute approximate surface area is 292 Å². The number of aromatic carboxylic acids is 2. The Bertz CT molecular complexity index is 1390. The number of phenols is 2. The molecule has 2 atom stereocenters. The molecule has 0 spiro atoms. The number of aromatic hydroxyl groups is 2. The SMILES string of the molecule is C=CC(=O)OC(CC)CCCOc1ccccc1C(=O)O.C=CC(=O)OC(CC)CCCOc1ccccc1C(=O)O.Oc1ccc(O)cc1. The molecule has 0 saturated carbocycles. The summed E-state index contributed by atoms with van der Waals surface area (Å²) in [5.41, 5.74) is 0.283. The van der Waals surface area contributed by atoms with Crippen LogP contribution < -0.4 is 9.47 Å². The Kier molecular flexibility index (Phi) is 20.6. The fourth-order valence-corrected chi connectivity index (χ4v) is 4.09. The highest BCUT2D eigenvalue weighted by Gasteiger charge is 2.14. The van der Waals surface area contributed by atoms with E-state index in [1.165, 1.54) is 36.4 Å². The molecule has 3 aromatic carbocycles. The molecule has 0 heterocycles. The van der Waals surface area contributed by atoms with Crippen LogP contribution in [-0.2, 0) is 19.1 Å². The first-order valence-electron chi connectivity index (χ1n) is 16.0. The van der Waals surface area contributed by atoms with Gasteiger partial charge in [0.25, 0.3) is 0 Å². The van der Waals surface area contributed by atoms with Crippen LogP contribution in [0.2, 0.25) is 0 Å². The molecule has 0 saturated heterocycles. The number of rotatable bonds is 18. The smallest absolute Gasteiger partial charge is 0.339 e. The fourth-order valence-electron chi connectivity index (χ4n) is 4.09. The average molecular weight is 695 g/mol. The second-order valence-electron chi connectivity index (χ2n) is 10.4. The van der Waals surface area contributed by atoms with E-state index in [0.717, 1.165) is 12.2 Å². The van der Waals surface area contributed by atoms with Gasteiger partial charge in [0.2, 0.25) is 0 Å². The van der Waals surface area contributed by atoms with Crippen LogP contribution in [0.25, 0.3) is 0 Å². The highest BCUT2D eigenvalue weighted by Crippen LogP contribution is 2.20. The summed E-state index contributed by atoms with van der Waals surface area (Å²) in [6.45, 7) is 11.3. The van der Waals surface area contributed by atoms with Crippen molar-refractivity contribution in [3.63, 3.8) is 0 Å². The van der Waals surface area contributed by atoms with E-state index in [1.54, 1.807) is 36.4 Å². The topological polar surface area (TPSA) is 186 Å². The number of hydrogen-bond acceptors (Lipinski definition) is 10. The summed E-state index contributed by atoms with van der Waals surface area (Å²) < 4.78 is 21.3. The molecule has 0 aliphatic rings. The number of carboxylic acids is 2. The minimum Gasteiger partial charge on any atom is -0.508 e. The molecule has 0 radical (unpaired) electrons. The second-order valence-corrected chi connectivity index (χ2v) is 10.4. The van der Waals surface area contributed by atoms with Gasteiger partial charge in [0.05, 0.1) is 13.2 Å². The van der Waals surface area contributed by atoms with Crippen LogP contribution in [0, 0.1) is 0 Å². The van der Waals surface area contributed by atoms with Crippen LogP contribution in [-0.4, -0.2) is 69.7 Å². The molecule has 12 heteroatoms. The monoisotopic (exact) mass is 694 g/mol. The van der Waals surface area contributed by atoms with Gasteiger partial charge in [0.1, 0.15) is 46.3 Å². The lowest BCUT2D eigenvalue weighted by Gasteiger charge is -2.15. The predicted molar refractivity (Wildman–Crippen MR) is 187 cm³/mol. The molecule has 0 bridgehead atoms. The Morgan fingerprint density at radius 2 is 0.960 bits per heavy atom. The Morgan fingerprint density at radius 1 is 0.620 bits per heavy atom. The summed E-state index contributed by atoms with van der Waals surface area (Å²) in [6.07, 6.45) is 6.01. The van der Waals surface area contributed by atoms with Crippen molar-refractivity contribution in [2.75, 3.05) is 13.2 Å². The second kappa shape index (κ2) is 24.4. The molecule has 0 aliphatic carbocycles. The van der Waals surface area contributed by atoms with E-state index < -0.39 is 23.9 Å². The van der Waals surface area contributed by atoms with Gasteiger partial charge < -0.3 is 39.4 Å². The molecular weight excluding hydrogens is 648 g/mol. The van der Waals surface area contributed by atoms with Gasteiger partial charge >= 0.3 is 23.9 Å². The number of esters is 2. The normalized spacial score (nSPS) is 11.1. The van der Waals surface area contributed by atoms with E-state index in [2.05, 4.69) is 13.2 Å². The van der Waals surface area contributed by atoms with Crippen LogP contribution in [0.4, 0.5) is 0 Å². The van der Waals surface area contributed by atoms with Crippen molar-refractivity contribution < 1.29 is 58.6 Å². The summed E-state index contributed by atoms with van der Waals surface area (Å²) >= 11 is 0. The minimum atomic E-state index is -1.02. The molecule has 270 valence electrons. The van der Waals surface area contributed by atoms with Crippen molar-refractivity contribution in [2.45, 2.75) is 64.6 Å². The molecule has 0 aromatic heterocycles. The first-order chi connectivity index (χ1) is 23.9. The van der Waals surface area contributed by atoms with Gasteiger partial charge in [0.15, 0.2) is 0 Å². The van der Waals surface area contributed by atoms with Crippen molar-refractivity contribution in [2.24, 2.45) is 0 Å². The Morgan fingerprint density at radius 3 is 1.26 bits per heavy atom. The lowest BCUT2D eigenvalue weighted by Crippen LogP contribution is -2.17. The molecule has 50 heavy (non-hydrogen) atoms. The zero-order chi connectivity index (χ0) is 37.3. The maximum absolute atomic E-state index is 11.1. The highest BCUT2D eigenvalue weighted by atomic mass is 16.5. The third kappa shape index (κ3) is 17.4. The van der Waals surface area contributed by atoms with Crippen LogP contribution >= 0.6 is 0 Å². The number of carboxylic acid groups (broad SMARTS) is 2. The first kappa shape index (κ1) is 42.2. The first-order valence-corrected chi connectivity index (χ1v) is 16.0. The number of ether oxygens (including phenoxy) is 4. The van der Waals surface area contributed by atoms with E-state index in [-0.39, 0.29) is 34.8 Å². The van der Waals surface area contributed by atoms with Gasteiger partial charge in [-0.25, -0.2) is 19.2 Å². The zero-order valence-electron chi connectivity index (χ0n) is 28.4. The predicted octanol–water partition coefficient (Wildman–Crippen LogP) is 7.20. The van der Waals surface area contributed by atoms with Gasteiger partial charge in [0, 0.05) is 12.2 Å². The average Bonchev–Trinajstić information content (AvgIpc) is 3.12. The molecule has 12 nitrogen and oxygen atoms in total. The Hall–Kier alpha value is -5.78. The van der Waals surface area contributed by atoms with Crippen LogP contribution in [0.3, 0.4) is 0 Å². The number of carbonyl (C=O) groups is 4. The van der Waals surface area contributed by atoms with Crippen molar-refractivity contribution >= 4 is 23.9 Å². The van der Waals surface area contributed by atoms with Gasteiger partial charge in [-0.2, -0.15) is 0 Å². The maximum atomic E-state index is 11.1. The summed E-state index contributed by atoms with van der Waals surface area (Å²) in [7, 11) is 0. The molecular formula is C38H46O12. The molecule has 4 N–H and O–H groups in total. The highest BCUT2D eigenvalue weighted by molar-refractivity contribution is 5.91. The number of benzene rings is 3. The lowest BCUT2D eigenvalue weighted by molar-refractivity contribution is -0.144.